The Labute approximate surface area is 297 Å². The Balaban J connectivity index is 1.15. The standard InChI is InChI=1S/C49H43N/c1-48(2)37-16-9-8-15-36(31-37)42-19-12-18-41(47(42)48)35-23-27-39(28-24-35)50(38-25-21-34(22-26-38)33-13-6-5-7-14-33)40-29-30-44-43-17-10-11-20-45(43)49(3,4)46(44)32-40/h5-30,32,36-37H,31H2,1-4H3. The summed E-state index contributed by atoms with van der Waals surface area (Å²) < 4.78 is 0. The predicted molar refractivity (Wildman–Crippen MR) is 212 cm³/mol. The molecule has 6 aromatic rings. The molecule has 1 heteroatoms. The number of nitrogens with zero attached hydrogens (tertiary/aromatic N) is 1. The summed E-state index contributed by atoms with van der Waals surface area (Å²) in [5, 5.41) is 0. The normalized spacial score (nSPS) is 18.9. The molecule has 2 atom stereocenters. The molecule has 6 aromatic carbocycles. The van der Waals surface area contributed by atoms with Crippen molar-refractivity contribution in [1.82, 2.24) is 0 Å². The van der Waals surface area contributed by atoms with E-state index in [1.165, 1.54) is 67.7 Å². The second-order valence-electron chi connectivity index (χ2n) is 15.4. The van der Waals surface area contributed by atoms with Crippen LogP contribution < -0.4 is 4.90 Å². The smallest absolute Gasteiger partial charge is 0.0465 e. The molecule has 0 amide bonds. The van der Waals surface area contributed by atoms with E-state index in [9.17, 15) is 0 Å². The number of allylic oxidation sites excluding steroid dienone is 4. The van der Waals surface area contributed by atoms with Gasteiger partial charge in [-0.15, -0.1) is 0 Å². The molecule has 0 N–H and O–H groups in total. The van der Waals surface area contributed by atoms with E-state index in [0.29, 0.717) is 11.8 Å². The Morgan fingerprint density at radius 3 is 1.86 bits per heavy atom. The minimum Gasteiger partial charge on any atom is -0.310 e. The average molecular weight is 646 g/mol. The second kappa shape index (κ2) is 11.6. The maximum atomic E-state index is 2.44. The van der Waals surface area contributed by atoms with E-state index >= 15 is 0 Å². The lowest BCUT2D eigenvalue weighted by atomic mass is 9.61. The van der Waals surface area contributed by atoms with Gasteiger partial charge in [0.25, 0.3) is 0 Å². The van der Waals surface area contributed by atoms with Gasteiger partial charge in [-0.25, -0.2) is 0 Å². The molecular weight excluding hydrogens is 603 g/mol. The summed E-state index contributed by atoms with van der Waals surface area (Å²) in [5.74, 6) is 0.974. The van der Waals surface area contributed by atoms with E-state index in [2.05, 4.69) is 196 Å². The maximum Gasteiger partial charge on any atom is 0.0465 e. The molecule has 3 aliphatic rings. The SMILES string of the molecule is CC1(C)c2ccccc2-c2ccc(N(c3ccc(-c4ccccc4)cc3)c3ccc(-c4cccc5c4C(C)(C)C4C=CC=CC5C4)cc3)cc21. The van der Waals surface area contributed by atoms with E-state index in [1.807, 2.05) is 0 Å². The molecular formula is C49H43N. The van der Waals surface area contributed by atoms with Crippen LogP contribution >= 0.6 is 0 Å². The molecule has 2 unspecified atom stereocenters. The van der Waals surface area contributed by atoms with Crippen molar-refractivity contribution in [2.24, 2.45) is 5.92 Å². The molecule has 1 nitrogen and oxygen atoms in total. The lowest BCUT2D eigenvalue weighted by molar-refractivity contribution is 0.325. The first-order valence-corrected chi connectivity index (χ1v) is 18.1. The molecule has 0 aliphatic heterocycles. The molecule has 0 saturated carbocycles. The van der Waals surface area contributed by atoms with Crippen LogP contribution in [-0.2, 0) is 10.8 Å². The van der Waals surface area contributed by atoms with Crippen LogP contribution in [0.2, 0.25) is 0 Å². The van der Waals surface area contributed by atoms with Crippen LogP contribution in [0.4, 0.5) is 17.1 Å². The third kappa shape index (κ3) is 4.83. The Kier molecular flexibility index (Phi) is 7.11. The fourth-order valence-corrected chi connectivity index (χ4v) is 9.12. The molecule has 2 bridgehead atoms. The van der Waals surface area contributed by atoms with Gasteiger partial charge in [0.1, 0.15) is 0 Å². The van der Waals surface area contributed by atoms with E-state index < -0.39 is 0 Å². The summed E-state index contributed by atoms with van der Waals surface area (Å²) in [6.07, 6.45) is 10.5. The molecule has 0 radical (unpaired) electrons. The van der Waals surface area contributed by atoms with Gasteiger partial charge in [-0.05, 0) is 110 Å². The molecule has 244 valence electrons. The van der Waals surface area contributed by atoms with Gasteiger partial charge in [0.05, 0.1) is 0 Å². The summed E-state index contributed by atoms with van der Waals surface area (Å²) in [6, 6.07) is 51.9. The summed E-state index contributed by atoms with van der Waals surface area (Å²) in [5.41, 5.74) is 17.0. The maximum absolute atomic E-state index is 2.44. The summed E-state index contributed by atoms with van der Waals surface area (Å²) in [4.78, 5) is 2.42. The minimum atomic E-state index is -0.0740. The van der Waals surface area contributed by atoms with Gasteiger partial charge in [0.2, 0.25) is 0 Å². The van der Waals surface area contributed by atoms with E-state index in [-0.39, 0.29) is 10.8 Å². The van der Waals surface area contributed by atoms with E-state index in [4.69, 9.17) is 0 Å². The molecule has 9 rings (SSSR count). The van der Waals surface area contributed by atoms with Crippen LogP contribution in [0.3, 0.4) is 0 Å². The molecule has 0 fully saturated rings. The molecule has 0 saturated heterocycles. The van der Waals surface area contributed by atoms with Crippen molar-refractivity contribution < 1.29 is 0 Å². The van der Waals surface area contributed by atoms with E-state index in [0.717, 1.165) is 11.4 Å². The first-order chi connectivity index (χ1) is 24.3. The predicted octanol–water partition coefficient (Wildman–Crippen LogP) is 13.3. The van der Waals surface area contributed by atoms with Gasteiger partial charge in [-0.2, -0.15) is 0 Å². The van der Waals surface area contributed by atoms with Crippen molar-refractivity contribution >= 4 is 17.1 Å². The largest absolute Gasteiger partial charge is 0.310 e. The third-order valence-corrected chi connectivity index (χ3v) is 11.9. The number of anilines is 3. The van der Waals surface area contributed by atoms with Crippen molar-refractivity contribution in [2.45, 2.75) is 50.9 Å². The Morgan fingerprint density at radius 2 is 1.10 bits per heavy atom. The molecule has 3 aliphatic carbocycles. The van der Waals surface area contributed by atoms with Crippen LogP contribution in [0, 0.1) is 5.92 Å². The minimum absolute atomic E-state index is 0.0466. The van der Waals surface area contributed by atoms with Crippen LogP contribution in [0.15, 0.2) is 164 Å². The highest BCUT2D eigenvalue weighted by atomic mass is 15.1. The van der Waals surface area contributed by atoms with Gasteiger partial charge in [-0.1, -0.05) is 155 Å². The molecule has 0 spiro atoms. The van der Waals surface area contributed by atoms with Crippen molar-refractivity contribution in [3.05, 3.63) is 186 Å². The highest BCUT2D eigenvalue weighted by molar-refractivity contribution is 5.86. The van der Waals surface area contributed by atoms with Crippen LogP contribution in [0.1, 0.15) is 62.3 Å². The lowest BCUT2D eigenvalue weighted by Gasteiger charge is -2.43. The Bertz CT molecular complexity index is 2280. The zero-order valence-corrected chi connectivity index (χ0v) is 29.4. The number of hydrogen-bond acceptors (Lipinski definition) is 1. The number of rotatable bonds is 5. The zero-order valence-electron chi connectivity index (χ0n) is 29.4. The molecule has 50 heavy (non-hydrogen) atoms. The number of hydrogen-bond donors (Lipinski definition) is 0. The monoisotopic (exact) mass is 645 g/mol. The Morgan fingerprint density at radius 1 is 0.500 bits per heavy atom. The molecule has 0 heterocycles. The first kappa shape index (κ1) is 30.6. The second-order valence-corrected chi connectivity index (χ2v) is 15.4. The Hall–Kier alpha value is -5.40. The van der Waals surface area contributed by atoms with Crippen molar-refractivity contribution in [3.63, 3.8) is 0 Å². The summed E-state index contributed by atoms with van der Waals surface area (Å²) >= 11 is 0. The number of fused-ring (bicyclic) bond motifs is 7. The topological polar surface area (TPSA) is 3.24 Å². The number of benzene rings is 6. The zero-order chi connectivity index (χ0) is 34.0. The van der Waals surface area contributed by atoms with Crippen LogP contribution in [0.5, 0.6) is 0 Å². The quantitative estimate of drug-likeness (QED) is 0.180. The third-order valence-electron chi connectivity index (χ3n) is 11.9. The summed E-state index contributed by atoms with van der Waals surface area (Å²) in [6.45, 7) is 9.60. The average Bonchev–Trinajstić information content (AvgIpc) is 3.27. The van der Waals surface area contributed by atoms with Gasteiger partial charge in [0, 0.05) is 28.4 Å². The molecule has 0 aromatic heterocycles. The fraction of sp³-hybridized carbons (Fsp3) is 0.184. The van der Waals surface area contributed by atoms with Gasteiger partial charge in [0.15, 0.2) is 0 Å². The first-order valence-electron chi connectivity index (χ1n) is 18.1. The van der Waals surface area contributed by atoms with E-state index in [1.54, 1.807) is 0 Å². The van der Waals surface area contributed by atoms with Crippen molar-refractivity contribution in [3.8, 4) is 33.4 Å². The lowest BCUT2D eigenvalue weighted by Crippen LogP contribution is -2.34. The van der Waals surface area contributed by atoms with Crippen molar-refractivity contribution in [1.29, 1.82) is 0 Å². The van der Waals surface area contributed by atoms with Crippen molar-refractivity contribution in [2.75, 3.05) is 4.90 Å². The fourth-order valence-electron chi connectivity index (χ4n) is 9.12. The van der Waals surface area contributed by atoms with Crippen LogP contribution in [0.25, 0.3) is 33.4 Å². The van der Waals surface area contributed by atoms with Gasteiger partial charge in [-0.3, -0.25) is 0 Å². The van der Waals surface area contributed by atoms with Gasteiger partial charge < -0.3 is 4.90 Å². The highest BCUT2D eigenvalue weighted by Crippen LogP contribution is 2.53. The highest BCUT2D eigenvalue weighted by Gasteiger charge is 2.41. The summed E-state index contributed by atoms with van der Waals surface area (Å²) in [7, 11) is 0. The van der Waals surface area contributed by atoms with Crippen LogP contribution in [-0.4, -0.2) is 0 Å². The van der Waals surface area contributed by atoms with Gasteiger partial charge >= 0.3 is 0 Å².